The summed E-state index contributed by atoms with van der Waals surface area (Å²) >= 11 is 0. The normalized spacial score (nSPS) is 19.5. The van der Waals surface area contributed by atoms with Crippen molar-refractivity contribution in [3.05, 3.63) is 29.8 Å². The maximum Gasteiger partial charge on any atom is 0.305 e. The SMILES string of the molecule is COc1ccc(C(C)C(=O)N2CCOCC2CC(=O)O)cc1. The Labute approximate surface area is 129 Å². The molecule has 1 fully saturated rings. The highest BCUT2D eigenvalue weighted by molar-refractivity contribution is 5.84. The van der Waals surface area contributed by atoms with Crippen LogP contribution >= 0.6 is 0 Å². The monoisotopic (exact) mass is 307 g/mol. The molecule has 0 spiro atoms. The Morgan fingerprint density at radius 2 is 2.09 bits per heavy atom. The average molecular weight is 307 g/mol. The van der Waals surface area contributed by atoms with Crippen LogP contribution in [0.3, 0.4) is 0 Å². The van der Waals surface area contributed by atoms with Crippen LogP contribution in [0, 0.1) is 0 Å². The van der Waals surface area contributed by atoms with E-state index < -0.39 is 12.0 Å². The van der Waals surface area contributed by atoms with Crippen molar-refractivity contribution in [1.82, 2.24) is 4.90 Å². The molecule has 1 saturated heterocycles. The van der Waals surface area contributed by atoms with Crippen molar-refractivity contribution in [2.45, 2.75) is 25.3 Å². The van der Waals surface area contributed by atoms with E-state index in [0.29, 0.717) is 13.2 Å². The summed E-state index contributed by atoms with van der Waals surface area (Å²) in [6.07, 6.45) is -0.0962. The van der Waals surface area contributed by atoms with Gasteiger partial charge in [0.15, 0.2) is 0 Å². The number of hydrogen-bond acceptors (Lipinski definition) is 4. The number of aliphatic carboxylic acids is 1. The van der Waals surface area contributed by atoms with Crippen LogP contribution < -0.4 is 4.74 Å². The molecule has 0 saturated carbocycles. The number of morpholine rings is 1. The number of carboxylic acid groups (broad SMARTS) is 1. The molecule has 2 rings (SSSR count). The lowest BCUT2D eigenvalue weighted by Gasteiger charge is -2.36. The van der Waals surface area contributed by atoms with E-state index in [1.165, 1.54) is 0 Å². The van der Waals surface area contributed by atoms with Gasteiger partial charge in [0.2, 0.25) is 5.91 Å². The van der Waals surface area contributed by atoms with Gasteiger partial charge in [-0.05, 0) is 24.6 Å². The van der Waals surface area contributed by atoms with E-state index in [1.54, 1.807) is 12.0 Å². The van der Waals surface area contributed by atoms with E-state index in [4.69, 9.17) is 14.6 Å². The summed E-state index contributed by atoms with van der Waals surface area (Å²) in [5.41, 5.74) is 0.881. The Hall–Kier alpha value is -2.08. The molecule has 0 bridgehead atoms. The lowest BCUT2D eigenvalue weighted by molar-refractivity contribution is -0.147. The predicted molar refractivity (Wildman–Crippen MR) is 80.0 cm³/mol. The van der Waals surface area contributed by atoms with E-state index in [0.717, 1.165) is 11.3 Å². The van der Waals surface area contributed by atoms with Gasteiger partial charge in [0.05, 0.1) is 38.7 Å². The van der Waals surface area contributed by atoms with Gasteiger partial charge in [-0.2, -0.15) is 0 Å². The van der Waals surface area contributed by atoms with E-state index >= 15 is 0 Å². The highest BCUT2D eigenvalue weighted by atomic mass is 16.5. The number of rotatable bonds is 5. The third-order valence-electron chi connectivity index (χ3n) is 3.91. The number of amides is 1. The second kappa shape index (κ2) is 7.26. The maximum atomic E-state index is 12.7. The number of nitrogens with zero attached hydrogens (tertiary/aromatic N) is 1. The molecule has 1 amide bonds. The lowest BCUT2D eigenvalue weighted by Crippen LogP contribution is -2.50. The quantitative estimate of drug-likeness (QED) is 0.892. The summed E-state index contributed by atoms with van der Waals surface area (Å²) in [5, 5.41) is 8.97. The third kappa shape index (κ3) is 3.76. The Bertz CT molecular complexity index is 528. The van der Waals surface area contributed by atoms with Crippen molar-refractivity contribution < 1.29 is 24.2 Å². The summed E-state index contributed by atoms with van der Waals surface area (Å²) < 4.78 is 10.4. The first-order chi connectivity index (χ1) is 10.5. The third-order valence-corrected chi connectivity index (χ3v) is 3.91. The van der Waals surface area contributed by atoms with Gasteiger partial charge >= 0.3 is 5.97 Å². The minimum atomic E-state index is -0.926. The first-order valence-corrected chi connectivity index (χ1v) is 7.27. The van der Waals surface area contributed by atoms with Gasteiger partial charge in [0.1, 0.15) is 5.75 Å². The molecular weight excluding hydrogens is 286 g/mol. The summed E-state index contributed by atoms with van der Waals surface area (Å²) in [5.74, 6) is -0.594. The van der Waals surface area contributed by atoms with E-state index in [-0.39, 0.29) is 24.9 Å². The Balaban J connectivity index is 2.11. The number of methoxy groups -OCH3 is 1. The van der Waals surface area contributed by atoms with Gasteiger partial charge in [-0.15, -0.1) is 0 Å². The Morgan fingerprint density at radius 1 is 1.41 bits per heavy atom. The molecule has 1 N–H and O–H groups in total. The number of carbonyl (C=O) groups excluding carboxylic acids is 1. The smallest absolute Gasteiger partial charge is 0.305 e. The molecule has 1 heterocycles. The van der Waals surface area contributed by atoms with Crippen LogP contribution in [0.15, 0.2) is 24.3 Å². The maximum absolute atomic E-state index is 12.7. The van der Waals surface area contributed by atoms with Crippen LogP contribution in [0.25, 0.3) is 0 Å². The molecule has 22 heavy (non-hydrogen) atoms. The number of carbonyl (C=O) groups is 2. The van der Waals surface area contributed by atoms with Gasteiger partial charge in [0, 0.05) is 6.54 Å². The standard InChI is InChI=1S/C16H21NO5/c1-11(12-3-5-14(21-2)6-4-12)16(20)17-7-8-22-10-13(17)9-15(18)19/h3-6,11,13H,7-10H2,1-2H3,(H,18,19). The minimum absolute atomic E-state index is 0.0697. The fraction of sp³-hybridized carbons (Fsp3) is 0.500. The van der Waals surface area contributed by atoms with Gasteiger partial charge in [0.25, 0.3) is 0 Å². The van der Waals surface area contributed by atoms with Crippen molar-refractivity contribution in [3.63, 3.8) is 0 Å². The van der Waals surface area contributed by atoms with E-state index in [9.17, 15) is 9.59 Å². The number of ether oxygens (including phenoxy) is 2. The summed E-state index contributed by atoms with van der Waals surface area (Å²) in [6.45, 7) is 2.97. The molecule has 0 radical (unpaired) electrons. The van der Waals surface area contributed by atoms with Crippen molar-refractivity contribution in [3.8, 4) is 5.75 Å². The average Bonchev–Trinajstić information content (AvgIpc) is 2.53. The topological polar surface area (TPSA) is 76.1 Å². The second-order valence-electron chi connectivity index (χ2n) is 5.35. The fourth-order valence-corrected chi connectivity index (χ4v) is 2.60. The van der Waals surface area contributed by atoms with Crippen molar-refractivity contribution in [2.75, 3.05) is 26.9 Å². The van der Waals surface area contributed by atoms with Gasteiger partial charge < -0.3 is 19.5 Å². The lowest BCUT2D eigenvalue weighted by atomic mass is 9.98. The zero-order valence-corrected chi connectivity index (χ0v) is 12.8. The van der Waals surface area contributed by atoms with Gasteiger partial charge in [-0.3, -0.25) is 9.59 Å². The number of carboxylic acids is 1. The minimum Gasteiger partial charge on any atom is -0.497 e. The molecule has 6 nitrogen and oxygen atoms in total. The highest BCUT2D eigenvalue weighted by Gasteiger charge is 2.32. The number of benzene rings is 1. The summed E-state index contributed by atoms with van der Waals surface area (Å²) in [4.78, 5) is 25.3. The first-order valence-electron chi connectivity index (χ1n) is 7.27. The van der Waals surface area contributed by atoms with Crippen molar-refractivity contribution in [2.24, 2.45) is 0 Å². The highest BCUT2D eigenvalue weighted by Crippen LogP contribution is 2.23. The molecule has 2 unspecified atom stereocenters. The second-order valence-corrected chi connectivity index (χ2v) is 5.35. The summed E-state index contributed by atoms with van der Waals surface area (Å²) in [7, 11) is 1.59. The summed E-state index contributed by atoms with van der Waals surface area (Å²) in [6, 6.07) is 6.93. The van der Waals surface area contributed by atoms with Crippen LogP contribution in [0.1, 0.15) is 24.8 Å². The molecule has 0 aromatic heterocycles. The van der Waals surface area contributed by atoms with Crippen molar-refractivity contribution >= 4 is 11.9 Å². The molecule has 1 aromatic rings. The van der Waals surface area contributed by atoms with E-state index in [2.05, 4.69) is 0 Å². The molecular formula is C16H21NO5. The molecule has 1 aliphatic heterocycles. The van der Waals surface area contributed by atoms with Crippen LogP contribution in [-0.2, 0) is 14.3 Å². The van der Waals surface area contributed by atoms with Crippen LogP contribution in [0.5, 0.6) is 5.75 Å². The first kappa shape index (κ1) is 16.3. The zero-order valence-electron chi connectivity index (χ0n) is 12.8. The van der Waals surface area contributed by atoms with Crippen molar-refractivity contribution in [1.29, 1.82) is 0 Å². The molecule has 1 aromatic carbocycles. The van der Waals surface area contributed by atoms with E-state index in [1.807, 2.05) is 31.2 Å². The number of hydrogen-bond donors (Lipinski definition) is 1. The fourth-order valence-electron chi connectivity index (χ4n) is 2.60. The van der Waals surface area contributed by atoms with Crippen LogP contribution in [0.4, 0.5) is 0 Å². The molecule has 6 heteroatoms. The zero-order chi connectivity index (χ0) is 16.1. The largest absolute Gasteiger partial charge is 0.497 e. The molecule has 1 aliphatic rings. The predicted octanol–water partition coefficient (Wildman–Crippen LogP) is 1.50. The molecule has 120 valence electrons. The van der Waals surface area contributed by atoms with Gasteiger partial charge in [-0.25, -0.2) is 0 Å². The molecule has 2 atom stereocenters. The van der Waals surface area contributed by atoms with Gasteiger partial charge in [-0.1, -0.05) is 12.1 Å². The molecule has 0 aliphatic carbocycles. The Morgan fingerprint density at radius 3 is 2.68 bits per heavy atom. The van der Waals surface area contributed by atoms with Crippen LogP contribution in [0.2, 0.25) is 0 Å². The Kier molecular flexibility index (Phi) is 5.38. The van der Waals surface area contributed by atoms with Crippen LogP contribution in [-0.4, -0.2) is 54.8 Å².